The van der Waals surface area contributed by atoms with Crippen molar-refractivity contribution >= 4 is 5.91 Å². The summed E-state index contributed by atoms with van der Waals surface area (Å²) in [7, 11) is 0. The number of ether oxygens (including phenoxy) is 1. The summed E-state index contributed by atoms with van der Waals surface area (Å²) >= 11 is 0. The number of carbonyl (C=O) groups is 1. The molecular formula is C16H20FN3O3. The molecule has 6 nitrogen and oxygen atoms in total. The van der Waals surface area contributed by atoms with Gasteiger partial charge in [0.05, 0.1) is 0 Å². The summed E-state index contributed by atoms with van der Waals surface area (Å²) in [6.07, 6.45) is 0.912. The molecule has 0 radical (unpaired) electrons. The van der Waals surface area contributed by atoms with Crippen LogP contribution in [0, 0.1) is 5.82 Å². The molecule has 1 amide bonds. The summed E-state index contributed by atoms with van der Waals surface area (Å²) in [6.45, 7) is 2.07. The van der Waals surface area contributed by atoms with Gasteiger partial charge in [-0.1, -0.05) is 13.3 Å². The number of halogens is 1. The minimum absolute atomic E-state index is 0.00639. The molecule has 0 aliphatic heterocycles. The summed E-state index contributed by atoms with van der Waals surface area (Å²) in [5, 5.41) is 19.1. The van der Waals surface area contributed by atoms with Gasteiger partial charge in [-0.2, -0.15) is 5.10 Å². The van der Waals surface area contributed by atoms with Crippen molar-refractivity contribution in [2.45, 2.75) is 25.9 Å². The van der Waals surface area contributed by atoms with E-state index in [1.807, 2.05) is 6.92 Å². The van der Waals surface area contributed by atoms with Crippen LogP contribution in [0.3, 0.4) is 0 Å². The number of hydrogen-bond acceptors (Lipinski definition) is 4. The average molecular weight is 321 g/mol. The Labute approximate surface area is 133 Å². The molecule has 2 aromatic rings. The molecule has 0 aliphatic carbocycles. The van der Waals surface area contributed by atoms with E-state index in [0.29, 0.717) is 11.4 Å². The molecule has 0 fully saturated rings. The third-order valence-electron chi connectivity index (χ3n) is 3.14. The van der Waals surface area contributed by atoms with Crippen LogP contribution >= 0.6 is 0 Å². The highest BCUT2D eigenvalue weighted by molar-refractivity contribution is 5.92. The molecule has 1 unspecified atom stereocenters. The third-order valence-corrected chi connectivity index (χ3v) is 3.14. The normalized spacial score (nSPS) is 12.0. The highest BCUT2D eigenvalue weighted by atomic mass is 19.1. The minimum Gasteiger partial charge on any atom is -0.491 e. The molecule has 0 spiro atoms. The molecule has 1 aromatic carbocycles. The number of aromatic amines is 1. The predicted molar refractivity (Wildman–Crippen MR) is 82.8 cm³/mol. The number of benzene rings is 1. The summed E-state index contributed by atoms with van der Waals surface area (Å²) in [4.78, 5) is 11.9. The van der Waals surface area contributed by atoms with Crippen LogP contribution < -0.4 is 10.1 Å². The number of carbonyl (C=O) groups excluding carboxylic acids is 1. The first-order valence-electron chi connectivity index (χ1n) is 7.47. The lowest BCUT2D eigenvalue weighted by molar-refractivity contribution is 0.0839. The lowest BCUT2D eigenvalue weighted by atomic mass is 10.2. The van der Waals surface area contributed by atoms with Crippen molar-refractivity contribution in [2.24, 2.45) is 0 Å². The van der Waals surface area contributed by atoms with Crippen LogP contribution in [-0.4, -0.2) is 40.5 Å². The quantitative estimate of drug-likeness (QED) is 0.690. The first-order chi connectivity index (χ1) is 11.1. The van der Waals surface area contributed by atoms with Crippen LogP contribution in [-0.2, 0) is 6.42 Å². The van der Waals surface area contributed by atoms with E-state index >= 15 is 0 Å². The molecule has 0 saturated carbocycles. The van der Waals surface area contributed by atoms with Crippen LogP contribution in [0.15, 0.2) is 30.3 Å². The van der Waals surface area contributed by atoms with Gasteiger partial charge in [0, 0.05) is 12.2 Å². The smallest absolute Gasteiger partial charge is 0.271 e. The van der Waals surface area contributed by atoms with Crippen molar-refractivity contribution in [2.75, 3.05) is 13.2 Å². The minimum atomic E-state index is -0.877. The summed E-state index contributed by atoms with van der Waals surface area (Å²) < 4.78 is 18.1. The molecule has 1 aromatic heterocycles. The fourth-order valence-corrected chi connectivity index (χ4v) is 1.96. The lowest BCUT2D eigenvalue weighted by Crippen LogP contribution is -2.35. The van der Waals surface area contributed by atoms with Crippen molar-refractivity contribution < 1.29 is 19.0 Å². The topological polar surface area (TPSA) is 87.2 Å². The maximum atomic E-state index is 12.7. The fraction of sp³-hybridized carbons (Fsp3) is 0.375. The van der Waals surface area contributed by atoms with E-state index in [4.69, 9.17) is 4.74 Å². The number of rotatable bonds is 8. The van der Waals surface area contributed by atoms with E-state index in [-0.39, 0.29) is 24.9 Å². The SMILES string of the molecule is CCCc1cc(C(=O)NCC(O)COc2ccc(F)cc2)n[nH]1. The van der Waals surface area contributed by atoms with Gasteiger partial charge in [-0.25, -0.2) is 4.39 Å². The third kappa shape index (κ3) is 5.37. The first kappa shape index (κ1) is 17.0. The Kier molecular flexibility index (Phi) is 6.10. The highest BCUT2D eigenvalue weighted by Crippen LogP contribution is 2.11. The Balaban J connectivity index is 1.73. The number of nitrogens with one attached hydrogen (secondary N) is 2. The summed E-state index contributed by atoms with van der Waals surface area (Å²) in [6, 6.07) is 7.18. The number of aliphatic hydroxyl groups excluding tert-OH is 1. The number of aliphatic hydroxyl groups is 1. The monoisotopic (exact) mass is 321 g/mol. The maximum absolute atomic E-state index is 12.7. The van der Waals surface area contributed by atoms with Crippen molar-refractivity contribution in [3.63, 3.8) is 0 Å². The van der Waals surface area contributed by atoms with Gasteiger partial charge in [0.2, 0.25) is 0 Å². The van der Waals surface area contributed by atoms with Crippen LogP contribution in [0.2, 0.25) is 0 Å². The number of H-pyrrole nitrogens is 1. The number of aryl methyl sites for hydroxylation is 1. The molecular weight excluding hydrogens is 301 g/mol. The second-order valence-electron chi connectivity index (χ2n) is 5.16. The van der Waals surface area contributed by atoms with Crippen molar-refractivity contribution in [3.05, 3.63) is 47.5 Å². The van der Waals surface area contributed by atoms with E-state index in [2.05, 4.69) is 15.5 Å². The van der Waals surface area contributed by atoms with Crippen LogP contribution in [0.4, 0.5) is 4.39 Å². The van der Waals surface area contributed by atoms with Crippen molar-refractivity contribution in [1.29, 1.82) is 0 Å². The second-order valence-corrected chi connectivity index (χ2v) is 5.16. The molecule has 0 saturated heterocycles. The molecule has 1 heterocycles. The second kappa shape index (κ2) is 8.28. The molecule has 1 atom stereocenters. The van der Waals surface area contributed by atoms with Crippen LogP contribution in [0.5, 0.6) is 5.75 Å². The van der Waals surface area contributed by atoms with Gasteiger partial charge >= 0.3 is 0 Å². The van der Waals surface area contributed by atoms with Gasteiger partial charge in [-0.3, -0.25) is 9.89 Å². The van der Waals surface area contributed by atoms with Crippen molar-refractivity contribution in [1.82, 2.24) is 15.5 Å². The Bertz CT molecular complexity index is 628. The summed E-state index contributed by atoms with van der Waals surface area (Å²) in [5.41, 5.74) is 1.19. The Morgan fingerprint density at radius 3 is 2.87 bits per heavy atom. The molecule has 23 heavy (non-hydrogen) atoms. The largest absolute Gasteiger partial charge is 0.491 e. The Hall–Kier alpha value is -2.41. The zero-order valence-electron chi connectivity index (χ0n) is 12.9. The van der Waals surface area contributed by atoms with Crippen molar-refractivity contribution in [3.8, 4) is 5.75 Å². The van der Waals surface area contributed by atoms with E-state index in [1.54, 1.807) is 6.07 Å². The molecule has 0 aliphatic rings. The number of nitrogens with zero attached hydrogens (tertiary/aromatic N) is 1. The molecule has 0 bridgehead atoms. The van der Waals surface area contributed by atoms with Gasteiger partial charge in [0.15, 0.2) is 0 Å². The number of hydrogen-bond donors (Lipinski definition) is 3. The maximum Gasteiger partial charge on any atom is 0.271 e. The first-order valence-corrected chi connectivity index (χ1v) is 7.47. The standard InChI is InChI=1S/C16H20FN3O3/c1-2-3-12-8-15(20-19-12)16(22)18-9-13(21)10-23-14-6-4-11(17)5-7-14/h4-8,13,21H,2-3,9-10H2,1H3,(H,18,22)(H,19,20). The highest BCUT2D eigenvalue weighted by Gasteiger charge is 2.12. The summed E-state index contributed by atoms with van der Waals surface area (Å²) in [5.74, 6) is -0.260. The van der Waals surface area contributed by atoms with E-state index < -0.39 is 6.10 Å². The number of amides is 1. The van der Waals surface area contributed by atoms with E-state index in [1.165, 1.54) is 24.3 Å². The number of aromatic nitrogens is 2. The Morgan fingerprint density at radius 2 is 2.17 bits per heavy atom. The molecule has 7 heteroatoms. The van der Waals surface area contributed by atoms with Gasteiger partial charge in [-0.15, -0.1) is 0 Å². The van der Waals surface area contributed by atoms with Gasteiger partial charge in [0.1, 0.15) is 30.0 Å². The zero-order chi connectivity index (χ0) is 16.7. The van der Waals surface area contributed by atoms with Crippen LogP contribution in [0.1, 0.15) is 29.5 Å². The fourth-order valence-electron chi connectivity index (χ4n) is 1.96. The molecule has 124 valence electrons. The zero-order valence-corrected chi connectivity index (χ0v) is 12.9. The lowest BCUT2D eigenvalue weighted by Gasteiger charge is -2.12. The van der Waals surface area contributed by atoms with E-state index in [0.717, 1.165) is 18.5 Å². The predicted octanol–water partition coefficient (Wildman–Crippen LogP) is 1.67. The van der Waals surface area contributed by atoms with Gasteiger partial charge < -0.3 is 15.2 Å². The molecule has 2 rings (SSSR count). The van der Waals surface area contributed by atoms with Crippen LogP contribution in [0.25, 0.3) is 0 Å². The van der Waals surface area contributed by atoms with Gasteiger partial charge in [0.25, 0.3) is 5.91 Å². The Morgan fingerprint density at radius 1 is 1.43 bits per heavy atom. The van der Waals surface area contributed by atoms with Gasteiger partial charge in [-0.05, 0) is 36.8 Å². The average Bonchev–Trinajstić information content (AvgIpc) is 3.01. The van der Waals surface area contributed by atoms with E-state index in [9.17, 15) is 14.3 Å². The molecule has 3 N–H and O–H groups in total.